The molecule has 1 aliphatic carbocycles. The lowest BCUT2D eigenvalue weighted by Gasteiger charge is -2.12. The fourth-order valence-electron chi connectivity index (χ4n) is 1.82. The average molecular weight is 344 g/mol. The Labute approximate surface area is 115 Å². The highest BCUT2D eigenvalue weighted by Gasteiger charge is 2.28. The Morgan fingerprint density at radius 2 is 2.29 bits per heavy atom. The van der Waals surface area contributed by atoms with Gasteiger partial charge in [-0.1, -0.05) is 12.1 Å². The van der Waals surface area contributed by atoms with Crippen molar-refractivity contribution in [1.29, 1.82) is 0 Å². The van der Waals surface area contributed by atoms with Crippen LogP contribution in [-0.4, -0.2) is 18.5 Å². The van der Waals surface area contributed by atoms with Crippen molar-refractivity contribution in [3.63, 3.8) is 0 Å². The van der Waals surface area contributed by atoms with Gasteiger partial charge >= 0.3 is 0 Å². The van der Waals surface area contributed by atoms with Crippen molar-refractivity contribution < 1.29 is 4.79 Å². The first-order chi connectivity index (χ1) is 8.09. The smallest absolute Gasteiger partial charge is 0.252 e. The van der Waals surface area contributed by atoms with Gasteiger partial charge in [0, 0.05) is 16.2 Å². The number of amides is 1. The van der Waals surface area contributed by atoms with Crippen LogP contribution < -0.4 is 11.1 Å². The van der Waals surface area contributed by atoms with Gasteiger partial charge < -0.3 is 11.1 Å². The molecule has 1 amide bonds. The summed E-state index contributed by atoms with van der Waals surface area (Å²) in [6, 6.07) is 5.88. The molecule has 4 heteroatoms. The third kappa shape index (κ3) is 3.19. The molecule has 0 heterocycles. The monoisotopic (exact) mass is 344 g/mol. The summed E-state index contributed by atoms with van der Waals surface area (Å²) >= 11 is 2.21. The van der Waals surface area contributed by atoms with Crippen molar-refractivity contribution in [2.75, 3.05) is 6.54 Å². The van der Waals surface area contributed by atoms with Gasteiger partial charge in [-0.2, -0.15) is 0 Å². The van der Waals surface area contributed by atoms with E-state index in [-0.39, 0.29) is 11.9 Å². The van der Waals surface area contributed by atoms with Crippen molar-refractivity contribution in [2.45, 2.75) is 25.8 Å². The number of aryl methyl sites for hydroxylation is 1. The van der Waals surface area contributed by atoms with Gasteiger partial charge in [0.25, 0.3) is 5.91 Å². The Morgan fingerprint density at radius 1 is 1.59 bits per heavy atom. The van der Waals surface area contributed by atoms with E-state index in [1.54, 1.807) is 0 Å². The van der Waals surface area contributed by atoms with Crippen LogP contribution in [-0.2, 0) is 0 Å². The van der Waals surface area contributed by atoms with Crippen LogP contribution in [0.4, 0.5) is 0 Å². The molecule has 0 aliphatic heterocycles. The van der Waals surface area contributed by atoms with E-state index < -0.39 is 0 Å². The maximum absolute atomic E-state index is 12.0. The first kappa shape index (κ1) is 12.8. The van der Waals surface area contributed by atoms with Crippen LogP contribution in [0.1, 0.15) is 28.8 Å². The maximum Gasteiger partial charge on any atom is 0.252 e. The molecule has 17 heavy (non-hydrogen) atoms. The van der Waals surface area contributed by atoms with E-state index in [0.29, 0.717) is 12.5 Å². The Kier molecular flexibility index (Phi) is 4.04. The second-order valence-corrected chi connectivity index (χ2v) is 5.73. The fourth-order valence-corrected chi connectivity index (χ4v) is 2.42. The molecular weight excluding hydrogens is 327 g/mol. The zero-order valence-electron chi connectivity index (χ0n) is 9.87. The largest absolute Gasteiger partial charge is 0.350 e. The number of benzene rings is 1. The van der Waals surface area contributed by atoms with Crippen LogP contribution in [0.3, 0.4) is 0 Å². The summed E-state index contributed by atoms with van der Waals surface area (Å²) < 4.78 is 1.02. The van der Waals surface area contributed by atoms with E-state index in [4.69, 9.17) is 5.73 Å². The van der Waals surface area contributed by atoms with E-state index >= 15 is 0 Å². The van der Waals surface area contributed by atoms with E-state index in [1.807, 2.05) is 25.1 Å². The molecule has 1 aromatic rings. The number of carbonyl (C=O) groups is 1. The summed E-state index contributed by atoms with van der Waals surface area (Å²) in [5, 5.41) is 2.92. The second-order valence-electron chi connectivity index (χ2n) is 4.65. The fraction of sp³-hybridized carbons (Fsp3) is 0.462. The van der Waals surface area contributed by atoms with Gasteiger partial charge in [-0.15, -0.1) is 0 Å². The lowest BCUT2D eigenvalue weighted by Crippen LogP contribution is -2.38. The van der Waals surface area contributed by atoms with Gasteiger partial charge in [-0.25, -0.2) is 0 Å². The molecule has 1 atom stereocenters. The highest BCUT2D eigenvalue weighted by Crippen LogP contribution is 2.31. The number of halogens is 1. The SMILES string of the molecule is Cc1cccc(C(=O)NCC(N)C2CC2)c1I. The summed E-state index contributed by atoms with van der Waals surface area (Å²) in [6.07, 6.45) is 2.41. The van der Waals surface area contributed by atoms with Crippen LogP contribution in [0.25, 0.3) is 0 Å². The molecule has 3 N–H and O–H groups in total. The Morgan fingerprint density at radius 3 is 2.94 bits per heavy atom. The minimum atomic E-state index is -0.0193. The molecule has 92 valence electrons. The van der Waals surface area contributed by atoms with Gasteiger partial charge in [-0.3, -0.25) is 4.79 Å². The summed E-state index contributed by atoms with van der Waals surface area (Å²) in [4.78, 5) is 12.0. The van der Waals surface area contributed by atoms with E-state index in [2.05, 4.69) is 27.9 Å². The molecule has 0 bridgehead atoms. The highest BCUT2D eigenvalue weighted by molar-refractivity contribution is 14.1. The minimum absolute atomic E-state index is 0.0193. The van der Waals surface area contributed by atoms with Crippen LogP contribution in [0.15, 0.2) is 18.2 Å². The third-order valence-corrected chi connectivity index (χ3v) is 4.59. The van der Waals surface area contributed by atoms with Crippen molar-refractivity contribution in [3.05, 3.63) is 32.9 Å². The summed E-state index contributed by atoms with van der Waals surface area (Å²) in [7, 11) is 0. The molecule has 0 saturated heterocycles. The summed E-state index contributed by atoms with van der Waals surface area (Å²) in [5.41, 5.74) is 7.83. The summed E-state index contributed by atoms with van der Waals surface area (Å²) in [6.45, 7) is 2.59. The first-order valence-corrected chi connectivity index (χ1v) is 6.96. The number of carbonyl (C=O) groups excluding carboxylic acids is 1. The Balaban J connectivity index is 1.96. The number of nitrogens with one attached hydrogen (secondary N) is 1. The molecule has 3 nitrogen and oxygen atoms in total. The zero-order valence-corrected chi connectivity index (χ0v) is 12.0. The lowest BCUT2D eigenvalue weighted by atomic mass is 10.1. The maximum atomic E-state index is 12.0. The zero-order chi connectivity index (χ0) is 12.4. The molecule has 2 rings (SSSR count). The quantitative estimate of drug-likeness (QED) is 0.822. The van der Waals surface area contributed by atoms with E-state index in [1.165, 1.54) is 12.8 Å². The Hall–Kier alpha value is -0.620. The molecule has 1 fully saturated rings. The molecule has 1 unspecified atom stereocenters. The van der Waals surface area contributed by atoms with Gasteiger partial charge in [0.05, 0.1) is 5.56 Å². The molecular formula is C13H17IN2O. The van der Waals surface area contributed by atoms with Crippen molar-refractivity contribution >= 4 is 28.5 Å². The predicted octanol–water partition coefficient (Wildman–Crippen LogP) is 2.07. The molecule has 1 aromatic carbocycles. The molecule has 0 aromatic heterocycles. The molecule has 1 aliphatic rings. The van der Waals surface area contributed by atoms with Gasteiger partial charge in [0.1, 0.15) is 0 Å². The normalized spacial score (nSPS) is 16.6. The van der Waals surface area contributed by atoms with Crippen molar-refractivity contribution in [3.8, 4) is 0 Å². The number of hydrogen-bond donors (Lipinski definition) is 2. The van der Waals surface area contributed by atoms with Gasteiger partial charge in [0.15, 0.2) is 0 Å². The van der Waals surface area contributed by atoms with Crippen LogP contribution in [0.5, 0.6) is 0 Å². The minimum Gasteiger partial charge on any atom is -0.350 e. The number of nitrogens with two attached hydrogens (primary N) is 1. The Bertz CT molecular complexity index is 429. The molecule has 1 saturated carbocycles. The predicted molar refractivity (Wildman–Crippen MR) is 76.9 cm³/mol. The van der Waals surface area contributed by atoms with Crippen LogP contribution in [0, 0.1) is 16.4 Å². The number of hydrogen-bond acceptors (Lipinski definition) is 2. The first-order valence-electron chi connectivity index (χ1n) is 5.88. The number of rotatable bonds is 4. The molecule has 0 radical (unpaired) electrons. The van der Waals surface area contributed by atoms with Crippen molar-refractivity contribution in [1.82, 2.24) is 5.32 Å². The van der Waals surface area contributed by atoms with Crippen molar-refractivity contribution in [2.24, 2.45) is 11.7 Å². The van der Waals surface area contributed by atoms with E-state index in [9.17, 15) is 4.79 Å². The lowest BCUT2D eigenvalue weighted by molar-refractivity contribution is 0.0949. The van der Waals surface area contributed by atoms with E-state index in [0.717, 1.165) is 14.7 Å². The summed E-state index contributed by atoms with van der Waals surface area (Å²) in [5.74, 6) is 0.598. The van der Waals surface area contributed by atoms with Gasteiger partial charge in [-0.05, 0) is 59.9 Å². The third-order valence-electron chi connectivity index (χ3n) is 3.16. The highest BCUT2D eigenvalue weighted by atomic mass is 127. The average Bonchev–Trinajstić information content (AvgIpc) is 3.13. The van der Waals surface area contributed by atoms with Gasteiger partial charge in [0.2, 0.25) is 0 Å². The van der Waals surface area contributed by atoms with Crippen LogP contribution >= 0.6 is 22.6 Å². The standard InChI is InChI=1S/C13H17IN2O/c1-8-3-2-4-10(12(8)14)13(17)16-7-11(15)9-5-6-9/h2-4,9,11H,5-7,15H2,1H3,(H,16,17). The van der Waals surface area contributed by atoms with Crippen LogP contribution in [0.2, 0.25) is 0 Å². The molecule has 0 spiro atoms. The topological polar surface area (TPSA) is 55.1 Å². The second kappa shape index (κ2) is 5.35.